The van der Waals surface area contributed by atoms with E-state index in [1.54, 1.807) is 10.9 Å². The van der Waals surface area contributed by atoms with Crippen LogP contribution in [0.25, 0.3) is 5.82 Å². The number of rotatable bonds is 3. The molecule has 0 aromatic carbocycles. The van der Waals surface area contributed by atoms with Crippen LogP contribution in [0.4, 0.5) is 0 Å². The van der Waals surface area contributed by atoms with E-state index in [9.17, 15) is 9.59 Å². The summed E-state index contributed by atoms with van der Waals surface area (Å²) in [6.07, 6.45) is 6.17. The molecule has 0 bridgehead atoms. The molecule has 2 aromatic rings. The second kappa shape index (κ2) is 7.45. The Balaban J connectivity index is 1.50. The highest BCUT2D eigenvalue weighted by Gasteiger charge is 2.32. The summed E-state index contributed by atoms with van der Waals surface area (Å²) in [6, 6.07) is 4.38. The third-order valence-electron chi connectivity index (χ3n) is 6.17. The molecule has 4 rings (SSSR count). The molecule has 28 heavy (non-hydrogen) atoms. The summed E-state index contributed by atoms with van der Waals surface area (Å²) in [6.45, 7) is 6.32. The van der Waals surface area contributed by atoms with Gasteiger partial charge in [-0.1, -0.05) is 0 Å². The summed E-state index contributed by atoms with van der Waals surface area (Å²) >= 11 is 0. The van der Waals surface area contributed by atoms with Crippen LogP contribution in [0, 0.1) is 13.8 Å². The van der Waals surface area contributed by atoms with Gasteiger partial charge in [-0.25, -0.2) is 0 Å². The molecule has 0 N–H and O–H groups in total. The Morgan fingerprint density at radius 1 is 1.07 bits per heavy atom. The molecule has 2 saturated heterocycles. The molecule has 0 aliphatic carbocycles. The van der Waals surface area contributed by atoms with Gasteiger partial charge in [0.1, 0.15) is 11.4 Å². The van der Waals surface area contributed by atoms with E-state index in [4.69, 9.17) is 0 Å². The summed E-state index contributed by atoms with van der Waals surface area (Å²) in [5.41, 5.74) is 2.80. The topological polar surface area (TPSA) is 63.4 Å². The highest BCUT2D eigenvalue weighted by molar-refractivity contribution is 5.97. The molecule has 4 heterocycles. The summed E-state index contributed by atoms with van der Waals surface area (Å²) in [5.74, 6) is 1.13. The Labute approximate surface area is 165 Å². The van der Waals surface area contributed by atoms with Gasteiger partial charge in [0, 0.05) is 50.5 Å². The summed E-state index contributed by atoms with van der Waals surface area (Å²) < 4.78 is 3.85. The van der Waals surface area contributed by atoms with Crippen molar-refractivity contribution in [3.8, 4) is 5.82 Å². The maximum Gasteiger partial charge on any atom is 0.259 e. The predicted octanol–water partition coefficient (Wildman–Crippen LogP) is 2.44. The first kappa shape index (κ1) is 18.8. The first-order chi connectivity index (χ1) is 13.5. The van der Waals surface area contributed by atoms with Gasteiger partial charge in [0.25, 0.3) is 5.91 Å². The van der Waals surface area contributed by atoms with E-state index >= 15 is 0 Å². The molecular weight excluding hydrogens is 354 g/mol. The van der Waals surface area contributed by atoms with Crippen molar-refractivity contribution < 1.29 is 9.59 Å². The largest absolute Gasteiger partial charge is 0.340 e. The van der Waals surface area contributed by atoms with Crippen LogP contribution in [-0.2, 0) is 11.8 Å². The Kier molecular flexibility index (Phi) is 5.00. The average Bonchev–Trinajstić information content (AvgIpc) is 3.23. The van der Waals surface area contributed by atoms with Gasteiger partial charge in [0.15, 0.2) is 0 Å². The van der Waals surface area contributed by atoms with Gasteiger partial charge in [-0.3, -0.25) is 14.3 Å². The van der Waals surface area contributed by atoms with Crippen molar-refractivity contribution >= 4 is 11.8 Å². The van der Waals surface area contributed by atoms with Crippen LogP contribution in [0.15, 0.2) is 18.3 Å². The van der Waals surface area contributed by atoms with E-state index in [1.807, 2.05) is 30.7 Å². The van der Waals surface area contributed by atoms with Gasteiger partial charge in [-0.05, 0) is 51.7 Å². The van der Waals surface area contributed by atoms with E-state index in [0.717, 1.165) is 49.4 Å². The standard InChI is InChI=1S/C21H29N5O2/c1-15-7-8-16(2)26(15)20-18(14-22-23(20)3)21(28)24-12-9-17(10-13-24)25-11-5-4-6-19(25)27/h7-8,14,17H,4-6,9-13H2,1-3H3. The maximum atomic E-state index is 13.3. The van der Waals surface area contributed by atoms with Gasteiger partial charge in [0.05, 0.1) is 6.20 Å². The smallest absolute Gasteiger partial charge is 0.259 e. The van der Waals surface area contributed by atoms with E-state index in [0.29, 0.717) is 25.1 Å². The fourth-order valence-electron chi connectivity index (χ4n) is 4.61. The first-order valence-electron chi connectivity index (χ1n) is 10.2. The first-order valence-corrected chi connectivity index (χ1v) is 10.2. The van der Waals surface area contributed by atoms with E-state index in [2.05, 4.69) is 21.8 Å². The number of amides is 2. The minimum absolute atomic E-state index is 0.0269. The van der Waals surface area contributed by atoms with Crippen LogP contribution < -0.4 is 0 Å². The minimum atomic E-state index is 0.0269. The van der Waals surface area contributed by atoms with Crippen LogP contribution in [0.1, 0.15) is 53.8 Å². The molecule has 7 heteroatoms. The molecule has 0 saturated carbocycles. The predicted molar refractivity (Wildman–Crippen MR) is 106 cm³/mol. The molecule has 0 atom stereocenters. The highest BCUT2D eigenvalue weighted by atomic mass is 16.2. The zero-order chi connectivity index (χ0) is 19.8. The molecule has 2 amide bonds. The highest BCUT2D eigenvalue weighted by Crippen LogP contribution is 2.25. The Morgan fingerprint density at radius 2 is 1.75 bits per heavy atom. The maximum absolute atomic E-state index is 13.3. The van der Waals surface area contributed by atoms with Crippen molar-refractivity contribution in [3.63, 3.8) is 0 Å². The monoisotopic (exact) mass is 383 g/mol. The molecule has 0 radical (unpaired) electrons. The SMILES string of the molecule is Cc1ccc(C)n1-c1c(C(=O)N2CCC(N3CCCCC3=O)CC2)cnn1C. The quantitative estimate of drug-likeness (QED) is 0.818. The lowest BCUT2D eigenvalue weighted by Gasteiger charge is -2.40. The number of piperidine rings is 2. The number of carbonyl (C=O) groups excluding carboxylic acids is 2. The molecule has 0 spiro atoms. The average molecular weight is 383 g/mol. The van der Waals surface area contributed by atoms with Crippen LogP contribution in [0.3, 0.4) is 0 Å². The van der Waals surface area contributed by atoms with Gasteiger partial charge in [-0.15, -0.1) is 0 Å². The van der Waals surface area contributed by atoms with Crippen molar-refractivity contribution in [2.45, 2.75) is 52.0 Å². The van der Waals surface area contributed by atoms with Crippen LogP contribution in [0.5, 0.6) is 0 Å². The van der Waals surface area contributed by atoms with Crippen molar-refractivity contribution in [2.75, 3.05) is 19.6 Å². The Bertz CT molecular complexity index is 869. The Hall–Kier alpha value is -2.57. The van der Waals surface area contributed by atoms with Crippen LogP contribution >= 0.6 is 0 Å². The number of aryl methyl sites for hydroxylation is 3. The van der Waals surface area contributed by atoms with Gasteiger partial charge in [-0.2, -0.15) is 5.10 Å². The number of carbonyl (C=O) groups is 2. The fourth-order valence-corrected chi connectivity index (χ4v) is 4.61. The molecule has 2 aliphatic rings. The molecule has 0 unspecified atom stereocenters. The zero-order valence-corrected chi connectivity index (χ0v) is 17.0. The molecule has 2 aromatic heterocycles. The van der Waals surface area contributed by atoms with E-state index < -0.39 is 0 Å². The second-order valence-electron chi connectivity index (χ2n) is 8.02. The van der Waals surface area contributed by atoms with Gasteiger partial charge < -0.3 is 14.4 Å². The minimum Gasteiger partial charge on any atom is -0.340 e. The third kappa shape index (κ3) is 3.23. The van der Waals surface area contributed by atoms with E-state index in [1.165, 1.54) is 0 Å². The number of nitrogens with zero attached hydrogens (tertiary/aromatic N) is 5. The number of hydrogen-bond acceptors (Lipinski definition) is 3. The number of likely N-dealkylation sites (tertiary alicyclic amines) is 2. The third-order valence-corrected chi connectivity index (χ3v) is 6.17. The van der Waals surface area contributed by atoms with Crippen molar-refractivity contribution in [1.82, 2.24) is 24.1 Å². The van der Waals surface area contributed by atoms with Crippen molar-refractivity contribution in [2.24, 2.45) is 7.05 Å². The van der Waals surface area contributed by atoms with Crippen molar-refractivity contribution in [3.05, 3.63) is 35.3 Å². The summed E-state index contributed by atoms with van der Waals surface area (Å²) in [5, 5.41) is 4.36. The zero-order valence-electron chi connectivity index (χ0n) is 17.0. The Morgan fingerprint density at radius 3 is 2.39 bits per heavy atom. The lowest BCUT2D eigenvalue weighted by Crippen LogP contribution is -2.50. The molecule has 2 aliphatic heterocycles. The van der Waals surface area contributed by atoms with Crippen LogP contribution in [-0.4, -0.2) is 61.6 Å². The second-order valence-corrected chi connectivity index (χ2v) is 8.02. The normalized spacial score (nSPS) is 18.8. The van der Waals surface area contributed by atoms with E-state index in [-0.39, 0.29) is 17.9 Å². The summed E-state index contributed by atoms with van der Waals surface area (Å²) in [4.78, 5) is 29.4. The lowest BCUT2D eigenvalue weighted by molar-refractivity contribution is -0.136. The van der Waals surface area contributed by atoms with Gasteiger partial charge in [0.2, 0.25) is 5.91 Å². The molecule has 2 fully saturated rings. The molecule has 7 nitrogen and oxygen atoms in total. The van der Waals surface area contributed by atoms with Gasteiger partial charge >= 0.3 is 0 Å². The lowest BCUT2D eigenvalue weighted by atomic mass is 9.99. The molecular formula is C21H29N5O2. The molecule has 150 valence electrons. The number of aromatic nitrogens is 3. The van der Waals surface area contributed by atoms with Crippen molar-refractivity contribution in [1.29, 1.82) is 0 Å². The van der Waals surface area contributed by atoms with Crippen LogP contribution in [0.2, 0.25) is 0 Å². The number of hydrogen-bond donors (Lipinski definition) is 0. The fraction of sp³-hybridized carbons (Fsp3) is 0.571. The summed E-state index contributed by atoms with van der Waals surface area (Å²) in [7, 11) is 1.87.